The number of morpholine rings is 1. The number of hydrogen-bond donors (Lipinski definition) is 4. The van der Waals surface area contributed by atoms with Crippen molar-refractivity contribution in [1.29, 1.82) is 0 Å². The number of hydrogen-bond acceptors (Lipinski definition) is 10. The Morgan fingerprint density at radius 3 is 2.68 bits per heavy atom. The van der Waals surface area contributed by atoms with E-state index in [0.29, 0.717) is 43.4 Å². The Balaban J connectivity index is 1.36. The summed E-state index contributed by atoms with van der Waals surface area (Å²) in [5.41, 5.74) is 2.52. The summed E-state index contributed by atoms with van der Waals surface area (Å²) in [7, 11) is 0. The molecule has 0 saturated carbocycles. The highest BCUT2D eigenvalue weighted by atomic mass is 19.1. The second-order valence-electron chi connectivity index (χ2n) is 8.24. The molecule has 3 aromatic rings. The van der Waals surface area contributed by atoms with Crippen molar-refractivity contribution in [3.63, 3.8) is 0 Å². The SMILES string of the molecule is O=C(C=Nc1cccc(Nc2ncc(F)c(Nc3cccc(NCCO)c3)n2)c1)N=CCN1CCOCC1. The third kappa shape index (κ3) is 8.40. The summed E-state index contributed by atoms with van der Waals surface area (Å²) in [6.07, 6.45) is 3.81. The first-order chi connectivity index (χ1) is 18.6. The number of rotatable bonds is 11. The smallest absolute Gasteiger partial charge is 0.287 e. The molecule has 1 fully saturated rings. The summed E-state index contributed by atoms with van der Waals surface area (Å²) in [5, 5.41) is 18.0. The van der Waals surface area contributed by atoms with Crippen LogP contribution in [0.15, 0.2) is 64.7 Å². The van der Waals surface area contributed by atoms with Gasteiger partial charge in [-0.15, -0.1) is 0 Å². The van der Waals surface area contributed by atoms with Crippen LogP contribution in [0.1, 0.15) is 0 Å². The van der Waals surface area contributed by atoms with Crippen LogP contribution in [-0.4, -0.2) is 84.3 Å². The number of nitrogens with one attached hydrogen (secondary N) is 3. The fourth-order valence-electron chi connectivity index (χ4n) is 3.55. The maximum atomic E-state index is 14.4. The molecule has 2 aromatic carbocycles. The molecule has 4 N–H and O–H groups in total. The summed E-state index contributed by atoms with van der Waals surface area (Å²) < 4.78 is 19.7. The highest BCUT2D eigenvalue weighted by Crippen LogP contribution is 2.24. The number of aliphatic hydroxyl groups is 1. The summed E-state index contributed by atoms with van der Waals surface area (Å²) >= 11 is 0. The lowest BCUT2D eigenvalue weighted by molar-refractivity contribution is -0.111. The first-order valence-electron chi connectivity index (χ1n) is 12.1. The predicted molar refractivity (Wildman–Crippen MR) is 146 cm³/mol. The third-order valence-electron chi connectivity index (χ3n) is 5.40. The molecule has 0 radical (unpaired) electrons. The zero-order valence-electron chi connectivity index (χ0n) is 20.7. The standard InChI is InChI=1S/C26H29FN8O3/c27-23-17-31-26(34-25(23)32-21-5-1-3-19(15-21)28-8-12-36)33-22-6-2-4-20(16-22)30-18-24(37)29-7-9-35-10-13-38-14-11-35/h1-7,15-18,28,36H,8-14H2,(H2,31,32,33,34). The van der Waals surface area contributed by atoms with Crippen molar-refractivity contribution in [3.8, 4) is 0 Å². The fourth-order valence-corrected chi connectivity index (χ4v) is 3.55. The van der Waals surface area contributed by atoms with Crippen LogP contribution in [0.2, 0.25) is 0 Å². The van der Waals surface area contributed by atoms with E-state index in [-0.39, 0.29) is 18.4 Å². The molecule has 12 heteroatoms. The van der Waals surface area contributed by atoms with E-state index in [0.717, 1.165) is 31.2 Å². The number of carbonyl (C=O) groups is 1. The zero-order chi connectivity index (χ0) is 26.6. The van der Waals surface area contributed by atoms with Gasteiger partial charge in [0.1, 0.15) is 0 Å². The largest absolute Gasteiger partial charge is 0.395 e. The second kappa shape index (κ2) is 13.9. The quantitative estimate of drug-likeness (QED) is 0.281. The molecule has 0 unspecified atom stereocenters. The van der Waals surface area contributed by atoms with Gasteiger partial charge in [-0.2, -0.15) is 4.98 Å². The first kappa shape index (κ1) is 26.8. The van der Waals surface area contributed by atoms with E-state index in [4.69, 9.17) is 9.84 Å². The lowest BCUT2D eigenvalue weighted by Crippen LogP contribution is -2.37. The number of halogens is 1. The van der Waals surface area contributed by atoms with Crippen molar-refractivity contribution >= 4 is 52.9 Å². The van der Waals surface area contributed by atoms with Crippen molar-refractivity contribution in [2.45, 2.75) is 0 Å². The minimum Gasteiger partial charge on any atom is -0.395 e. The Morgan fingerprint density at radius 1 is 1.11 bits per heavy atom. The normalized spacial score (nSPS) is 14.2. The Bertz CT molecular complexity index is 1280. The van der Waals surface area contributed by atoms with E-state index in [1.807, 2.05) is 6.07 Å². The minimum absolute atomic E-state index is 0.000657. The van der Waals surface area contributed by atoms with Crippen LogP contribution < -0.4 is 16.0 Å². The highest BCUT2D eigenvalue weighted by molar-refractivity contribution is 6.28. The van der Waals surface area contributed by atoms with Crippen molar-refractivity contribution in [2.24, 2.45) is 9.98 Å². The summed E-state index contributed by atoms with van der Waals surface area (Å²) in [6, 6.07) is 14.2. The highest BCUT2D eigenvalue weighted by Gasteiger charge is 2.10. The van der Waals surface area contributed by atoms with E-state index in [1.165, 1.54) is 0 Å². The van der Waals surface area contributed by atoms with Gasteiger partial charge in [0.2, 0.25) is 5.95 Å². The number of ether oxygens (including phenoxy) is 1. The van der Waals surface area contributed by atoms with Crippen molar-refractivity contribution < 1.29 is 19.0 Å². The molecule has 1 aliphatic rings. The summed E-state index contributed by atoms with van der Waals surface area (Å²) in [4.78, 5) is 30.5. The predicted octanol–water partition coefficient (Wildman–Crippen LogP) is 3.14. The van der Waals surface area contributed by atoms with Crippen LogP contribution in [0, 0.1) is 5.82 Å². The molecule has 38 heavy (non-hydrogen) atoms. The molecule has 1 saturated heterocycles. The van der Waals surface area contributed by atoms with E-state index >= 15 is 0 Å². The van der Waals surface area contributed by atoms with E-state index < -0.39 is 11.7 Å². The Labute approximate surface area is 219 Å². The molecule has 1 amide bonds. The van der Waals surface area contributed by atoms with Crippen LogP contribution in [0.5, 0.6) is 0 Å². The van der Waals surface area contributed by atoms with E-state index in [1.54, 1.807) is 48.7 Å². The van der Waals surface area contributed by atoms with Gasteiger partial charge in [0.15, 0.2) is 11.6 Å². The Hall–Kier alpha value is -4.26. The lowest BCUT2D eigenvalue weighted by atomic mass is 10.2. The van der Waals surface area contributed by atoms with Crippen LogP contribution in [0.4, 0.5) is 38.9 Å². The van der Waals surface area contributed by atoms with Gasteiger partial charge in [0.25, 0.3) is 5.91 Å². The number of aliphatic hydroxyl groups excluding tert-OH is 1. The molecule has 0 aliphatic carbocycles. The first-order valence-corrected chi connectivity index (χ1v) is 12.1. The van der Waals surface area contributed by atoms with Gasteiger partial charge in [0.05, 0.1) is 37.9 Å². The average molecular weight is 521 g/mol. The van der Waals surface area contributed by atoms with Gasteiger partial charge in [-0.1, -0.05) is 12.1 Å². The minimum atomic E-state index is -0.615. The number of benzene rings is 2. The number of aromatic nitrogens is 2. The topological polar surface area (TPSA) is 136 Å². The third-order valence-corrected chi connectivity index (χ3v) is 5.40. The number of carbonyl (C=O) groups excluding carboxylic acids is 1. The number of amides is 1. The number of nitrogens with zero attached hydrogens (tertiary/aromatic N) is 5. The number of aliphatic imine (C=N–C) groups is 2. The maximum Gasteiger partial charge on any atom is 0.287 e. The molecule has 198 valence electrons. The Morgan fingerprint density at radius 2 is 1.87 bits per heavy atom. The molecule has 2 heterocycles. The van der Waals surface area contributed by atoms with Gasteiger partial charge in [-0.05, 0) is 36.4 Å². The molecule has 4 rings (SSSR count). The van der Waals surface area contributed by atoms with Crippen molar-refractivity contribution in [1.82, 2.24) is 14.9 Å². The van der Waals surface area contributed by atoms with Gasteiger partial charge in [0, 0.05) is 49.5 Å². The van der Waals surface area contributed by atoms with Crippen LogP contribution in [0.25, 0.3) is 0 Å². The Kier molecular flexibility index (Phi) is 9.79. The molecular weight excluding hydrogens is 491 g/mol. The average Bonchev–Trinajstić information content (AvgIpc) is 2.94. The van der Waals surface area contributed by atoms with Gasteiger partial charge >= 0.3 is 0 Å². The lowest BCUT2D eigenvalue weighted by Gasteiger charge is -2.24. The molecule has 1 aliphatic heterocycles. The van der Waals surface area contributed by atoms with Crippen LogP contribution >= 0.6 is 0 Å². The van der Waals surface area contributed by atoms with E-state index in [9.17, 15) is 9.18 Å². The molecular formula is C26H29FN8O3. The molecule has 11 nitrogen and oxygen atoms in total. The second-order valence-corrected chi connectivity index (χ2v) is 8.24. The monoisotopic (exact) mass is 520 g/mol. The molecule has 1 aromatic heterocycles. The molecule has 0 atom stereocenters. The fraction of sp³-hybridized carbons (Fsp3) is 0.269. The van der Waals surface area contributed by atoms with E-state index in [2.05, 4.69) is 40.8 Å². The number of anilines is 5. The van der Waals surface area contributed by atoms with Crippen molar-refractivity contribution in [3.05, 3.63) is 60.5 Å². The zero-order valence-corrected chi connectivity index (χ0v) is 20.7. The molecule has 0 bridgehead atoms. The van der Waals surface area contributed by atoms with Crippen LogP contribution in [0.3, 0.4) is 0 Å². The van der Waals surface area contributed by atoms with Crippen LogP contribution in [-0.2, 0) is 9.53 Å². The maximum absolute atomic E-state index is 14.4. The van der Waals surface area contributed by atoms with Gasteiger partial charge in [-0.3, -0.25) is 14.7 Å². The van der Waals surface area contributed by atoms with Crippen molar-refractivity contribution in [2.75, 3.05) is 62.0 Å². The summed E-state index contributed by atoms with van der Waals surface area (Å²) in [6.45, 7) is 4.00. The van der Waals surface area contributed by atoms with Gasteiger partial charge < -0.3 is 25.8 Å². The molecule has 0 spiro atoms. The summed E-state index contributed by atoms with van der Waals surface area (Å²) in [5.74, 6) is -0.898. The van der Waals surface area contributed by atoms with Gasteiger partial charge in [-0.25, -0.2) is 14.4 Å².